The van der Waals surface area contributed by atoms with Gasteiger partial charge in [0.25, 0.3) is 0 Å². The van der Waals surface area contributed by atoms with Crippen LogP contribution in [0.1, 0.15) is 18.9 Å². The molecule has 0 bridgehead atoms. The van der Waals surface area contributed by atoms with Crippen molar-refractivity contribution in [3.05, 3.63) is 84.4 Å². The number of methoxy groups -OCH3 is 1. The lowest BCUT2D eigenvalue weighted by Gasteiger charge is -2.26. The van der Waals surface area contributed by atoms with Gasteiger partial charge in [0.15, 0.2) is 5.12 Å². The van der Waals surface area contributed by atoms with Crippen LogP contribution >= 0.6 is 11.8 Å². The van der Waals surface area contributed by atoms with E-state index in [0.29, 0.717) is 35.8 Å². The number of hydrogen-bond donors (Lipinski definition) is 1. The van der Waals surface area contributed by atoms with Crippen LogP contribution in [0.4, 0.5) is 5.69 Å². The molecule has 0 aliphatic carbocycles. The molecule has 0 radical (unpaired) electrons. The summed E-state index contributed by atoms with van der Waals surface area (Å²) in [5, 5.41) is 9.47. The molecule has 1 amide bonds. The molecule has 0 spiro atoms. The maximum atomic E-state index is 13.6. The number of nitrogens with zero attached hydrogens (tertiary/aromatic N) is 1. The number of aliphatic carboxylic acids is 1. The highest BCUT2D eigenvalue weighted by molar-refractivity contribution is 8.13. The number of carbonyl (C=O) groups is 3. The number of carbonyl (C=O) groups excluding carboxylic acids is 2. The highest BCUT2D eigenvalue weighted by Gasteiger charge is 2.28. The van der Waals surface area contributed by atoms with E-state index in [4.69, 9.17) is 9.47 Å². The molecule has 0 aliphatic rings. The monoisotopic (exact) mass is 507 g/mol. The van der Waals surface area contributed by atoms with Crippen molar-refractivity contribution in [3.63, 3.8) is 0 Å². The van der Waals surface area contributed by atoms with Gasteiger partial charge in [-0.1, -0.05) is 48.2 Å². The summed E-state index contributed by atoms with van der Waals surface area (Å²) in [6.45, 7) is 0.954. The van der Waals surface area contributed by atoms with E-state index in [1.54, 1.807) is 55.6 Å². The lowest BCUT2D eigenvalue weighted by atomic mass is 9.99. The first-order valence-corrected chi connectivity index (χ1v) is 12.5. The first-order valence-electron chi connectivity index (χ1n) is 11.5. The molecule has 188 valence electrons. The smallest absolute Gasteiger partial charge is 0.323 e. The molecule has 36 heavy (non-hydrogen) atoms. The van der Waals surface area contributed by atoms with Crippen LogP contribution in [0.3, 0.4) is 0 Å². The molecule has 3 aromatic rings. The van der Waals surface area contributed by atoms with E-state index in [9.17, 15) is 19.5 Å². The third-order valence-corrected chi connectivity index (χ3v) is 6.42. The first-order chi connectivity index (χ1) is 17.4. The Morgan fingerprint density at radius 1 is 0.917 bits per heavy atom. The predicted molar refractivity (Wildman–Crippen MR) is 141 cm³/mol. The fourth-order valence-corrected chi connectivity index (χ4v) is 4.37. The summed E-state index contributed by atoms with van der Waals surface area (Å²) < 4.78 is 11.1. The number of hydrogen-bond acceptors (Lipinski definition) is 6. The highest BCUT2D eigenvalue weighted by atomic mass is 32.2. The summed E-state index contributed by atoms with van der Waals surface area (Å²) in [4.78, 5) is 38.2. The summed E-state index contributed by atoms with van der Waals surface area (Å²) in [6.07, 6.45) is 1.12. The molecule has 8 heteroatoms. The predicted octanol–water partition coefficient (Wildman–Crippen LogP) is 5.43. The van der Waals surface area contributed by atoms with Crippen molar-refractivity contribution in [1.82, 2.24) is 0 Å². The van der Waals surface area contributed by atoms with Crippen LogP contribution in [0.15, 0.2) is 78.9 Å². The minimum Gasteiger partial charge on any atom is -0.497 e. The largest absolute Gasteiger partial charge is 0.497 e. The third-order valence-electron chi connectivity index (χ3n) is 5.45. The molecule has 0 aliphatic heterocycles. The molecule has 1 unspecified atom stereocenters. The van der Waals surface area contributed by atoms with Gasteiger partial charge < -0.3 is 19.5 Å². The molecule has 3 aromatic carbocycles. The maximum Gasteiger partial charge on any atom is 0.323 e. The summed E-state index contributed by atoms with van der Waals surface area (Å²) in [5.41, 5.74) is 1.48. The molecule has 1 N–H and O–H groups in total. The summed E-state index contributed by atoms with van der Waals surface area (Å²) in [6, 6.07) is 23.5. The van der Waals surface area contributed by atoms with Gasteiger partial charge in [0.05, 0.1) is 7.11 Å². The molecule has 0 heterocycles. The molecule has 3 rings (SSSR count). The van der Waals surface area contributed by atoms with E-state index >= 15 is 0 Å². The van der Waals surface area contributed by atoms with Crippen LogP contribution in [0, 0.1) is 5.92 Å². The Labute approximate surface area is 215 Å². The number of anilines is 1. The quantitative estimate of drug-likeness (QED) is 0.349. The van der Waals surface area contributed by atoms with Gasteiger partial charge in [-0.15, -0.1) is 0 Å². The fraction of sp³-hybridized carbons (Fsp3) is 0.250. The van der Waals surface area contributed by atoms with Gasteiger partial charge in [-0.2, -0.15) is 0 Å². The number of benzene rings is 3. The van der Waals surface area contributed by atoms with Crippen LogP contribution in [0.2, 0.25) is 0 Å². The Hall–Kier alpha value is -3.78. The molecular weight excluding hydrogens is 478 g/mol. The van der Waals surface area contributed by atoms with Crippen LogP contribution in [0.5, 0.6) is 17.2 Å². The van der Waals surface area contributed by atoms with Gasteiger partial charge in [0, 0.05) is 30.3 Å². The van der Waals surface area contributed by atoms with Crippen LogP contribution in [-0.4, -0.2) is 41.5 Å². The van der Waals surface area contributed by atoms with Crippen LogP contribution in [0.25, 0.3) is 0 Å². The van der Waals surface area contributed by atoms with Crippen molar-refractivity contribution < 1.29 is 29.0 Å². The van der Waals surface area contributed by atoms with Gasteiger partial charge in [-0.3, -0.25) is 14.4 Å². The Morgan fingerprint density at radius 2 is 1.61 bits per heavy atom. The number of carboxylic acids is 1. The van der Waals surface area contributed by atoms with Crippen molar-refractivity contribution in [3.8, 4) is 17.2 Å². The Bertz CT molecular complexity index is 1170. The number of ether oxygens (including phenoxy) is 2. The minimum atomic E-state index is -1.13. The average molecular weight is 508 g/mol. The molecule has 0 saturated heterocycles. The normalized spacial score (nSPS) is 11.4. The molecule has 1 atom stereocenters. The Balaban J connectivity index is 1.83. The van der Waals surface area contributed by atoms with Gasteiger partial charge in [0.1, 0.15) is 23.8 Å². The van der Waals surface area contributed by atoms with Gasteiger partial charge in [-0.05, 0) is 54.8 Å². The van der Waals surface area contributed by atoms with E-state index in [1.165, 1.54) is 11.8 Å². The first kappa shape index (κ1) is 26.8. The molecule has 7 nitrogen and oxygen atoms in total. The standard InChI is InChI=1S/C28H29NO6S/c1-20(30)36-19-22(12-11-21-7-4-3-5-8-21)28(33)29(18-27(31)32)23-9-6-10-26(17-23)35-25-15-13-24(34-2)14-16-25/h3-10,13-17,22H,11-12,18-19H2,1-2H3,(H,31,32). The molecular formula is C28H29NO6S. The second-order valence-corrected chi connectivity index (χ2v) is 9.31. The van der Waals surface area contributed by atoms with Gasteiger partial charge in [-0.25, -0.2) is 0 Å². The van der Waals surface area contributed by atoms with E-state index in [0.717, 1.165) is 17.3 Å². The SMILES string of the molecule is COc1ccc(Oc2cccc(N(CC(=O)O)C(=O)C(CCc3ccccc3)CSC(C)=O)c2)cc1. The summed E-state index contributed by atoms with van der Waals surface area (Å²) in [5.74, 6) is -0.0139. The van der Waals surface area contributed by atoms with Crippen molar-refractivity contribution in [1.29, 1.82) is 0 Å². The molecule has 0 saturated carbocycles. The zero-order valence-corrected chi connectivity index (χ0v) is 21.1. The van der Waals surface area contributed by atoms with Crippen molar-refractivity contribution in [2.24, 2.45) is 5.92 Å². The number of aryl methyl sites for hydroxylation is 1. The second-order valence-electron chi connectivity index (χ2n) is 8.12. The van der Waals surface area contributed by atoms with Gasteiger partial charge in [0.2, 0.25) is 5.91 Å². The summed E-state index contributed by atoms with van der Waals surface area (Å²) in [7, 11) is 1.58. The fourth-order valence-electron chi connectivity index (χ4n) is 3.63. The Kier molecular flexibility index (Phi) is 9.94. The minimum absolute atomic E-state index is 0.0906. The topological polar surface area (TPSA) is 93.1 Å². The summed E-state index contributed by atoms with van der Waals surface area (Å²) >= 11 is 1.07. The van der Waals surface area contributed by atoms with Crippen molar-refractivity contribution >= 4 is 34.4 Å². The van der Waals surface area contributed by atoms with E-state index < -0.39 is 18.4 Å². The number of amides is 1. The number of rotatable bonds is 12. The third kappa shape index (κ3) is 8.16. The lowest BCUT2D eigenvalue weighted by Crippen LogP contribution is -2.41. The lowest BCUT2D eigenvalue weighted by molar-refractivity contribution is -0.137. The van der Waals surface area contributed by atoms with Crippen LogP contribution < -0.4 is 14.4 Å². The maximum absolute atomic E-state index is 13.6. The number of thioether (sulfide) groups is 1. The van der Waals surface area contributed by atoms with Crippen LogP contribution in [-0.2, 0) is 20.8 Å². The van der Waals surface area contributed by atoms with Crippen molar-refractivity contribution in [2.75, 3.05) is 24.3 Å². The molecule has 0 fully saturated rings. The van der Waals surface area contributed by atoms with E-state index in [-0.39, 0.29) is 16.8 Å². The number of carboxylic acid groups (broad SMARTS) is 1. The zero-order chi connectivity index (χ0) is 25.9. The molecule has 0 aromatic heterocycles. The zero-order valence-electron chi connectivity index (χ0n) is 20.3. The van der Waals surface area contributed by atoms with Gasteiger partial charge >= 0.3 is 5.97 Å². The van der Waals surface area contributed by atoms with E-state index in [1.807, 2.05) is 30.3 Å². The average Bonchev–Trinajstić information content (AvgIpc) is 2.88. The highest BCUT2D eigenvalue weighted by Crippen LogP contribution is 2.29. The second kappa shape index (κ2) is 13.3. The van der Waals surface area contributed by atoms with Crippen molar-refractivity contribution in [2.45, 2.75) is 19.8 Å². The Morgan fingerprint density at radius 3 is 2.25 bits per heavy atom. The van der Waals surface area contributed by atoms with E-state index in [2.05, 4.69) is 0 Å².